The van der Waals surface area contributed by atoms with Crippen LogP contribution in [0.25, 0.3) is 0 Å². The van der Waals surface area contributed by atoms with Crippen molar-refractivity contribution in [1.29, 1.82) is 0 Å². The number of nitrogens with zero attached hydrogens (tertiary/aromatic N) is 2. The van der Waals surface area contributed by atoms with Gasteiger partial charge in [-0.3, -0.25) is 10.00 Å². The van der Waals surface area contributed by atoms with Gasteiger partial charge in [-0.2, -0.15) is 5.10 Å². The predicted octanol–water partition coefficient (Wildman–Crippen LogP) is 2.42. The van der Waals surface area contributed by atoms with E-state index in [0.29, 0.717) is 12.5 Å². The Morgan fingerprint density at radius 1 is 1.29 bits per heavy atom. The quantitative estimate of drug-likeness (QED) is 0.917. The Kier molecular flexibility index (Phi) is 4.10. The standard InChI is InChI=1S/C16H21N3O2/c1-12-10-19(11-13-9-17-18-16(12)13)7-8-21-15-5-3-14(20-2)4-6-15/h3-6,9,12H,7-8,10-11H2,1-2H3,(H,17,18). The van der Waals surface area contributed by atoms with Gasteiger partial charge in [0.1, 0.15) is 18.1 Å². The molecule has 0 saturated heterocycles. The fourth-order valence-corrected chi connectivity index (χ4v) is 2.79. The van der Waals surface area contributed by atoms with Crippen molar-refractivity contribution in [2.75, 3.05) is 26.8 Å². The van der Waals surface area contributed by atoms with Crippen LogP contribution in [0.5, 0.6) is 11.5 Å². The van der Waals surface area contributed by atoms with Gasteiger partial charge in [-0.05, 0) is 24.3 Å². The Bertz CT molecular complexity index is 579. The zero-order chi connectivity index (χ0) is 14.7. The molecule has 0 saturated carbocycles. The molecule has 1 aromatic heterocycles. The average molecular weight is 287 g/mol. The lowest BCUT2D eigenvalue weighted by Gasteiger charge is -2.30. The van der Waals surface area contributed by atoms with Crippen LogP contribution in [-0.4, -0.2) is 41.9 Å². The maximum atomic E-state index is 5.79. The van der Waals surface area contributed by atoms with Crippen LogP contribution in [0.2, 0.25) is 0 Å². The predicted molar refractivity (Wildman–Crippen MR) is 80.8 cm³/mol. The van der Waals surface area contributed by atoms with Gasteiger partial charge in [-0.25, -0.2) is 0 Å². The summed E-state index contributed by atoms with van der Waals surface area (Å²) in [7, 11) is 1.66. The van der Waals surface area contributed by atoms with E-state index >= 15 is 0 Å². The lowest BCUT2D eigenvalue weighted by atomic mass is 9.99. The van der Waals surface area contributed by atoms with Crippen molar-refractivity contribution < 1.29 is 9.47 Å². The van der Waals surface area contributed by atoms with Crippen LogP contribution in [0.4, 0.5) is 0 Å². The Morgan fingerprint density at radius 3 is 2.81 bits per heavy atom. The second kappa shape index (κ2) is 6.18. The van der Waals surface area contributed by atoms with E-state index in [1.807, 2.05) is 30.5 Å². The number of fused-ring (bicyclic) bond motifs is 1. The van der Waals surface area contributed by atoms with Crippen LogP contribution in [-0.2, 0) is 6.54 Å². The number of benzene rings is 1. The third kappa shape index (κ3) is 3.19. The normalized spacial score (nSPS) is 18.3. The zero-order valence-corrected chi connectivity index (χ0v) is 12.5. The molecule has 3 rings (SSSR count). The molecule has 5 nitrogen and oxygen atoms in total. The monoisotopic (exact) mass is 287 g/mol. The molecule has 112 valence electrons. The number of methoxy groups -OCH3 is 1. The van der Waals surface area contributed by atoms with Gasteiger partial charge in [0.05, 0.1) is 13.3 Å². The van der Waals surface area contributed by atoms with E-state index in [2.05, 4.69) is 22.0 Å². The molecule has 0 fully saturated rings. The SMILES string of the molecule is COc1ccc(OCCN2Cc3cn[nH]c3C(C)C2)cc1. The highest BCUT2D eigenvalue weighted by atomic mass is 16.5. The minimum absolute atomic E-state index is 0.497. The Hall–Kier alpha value is -2.01. The van der Waals surface area contributed by atoms with Gasteiger partial charge in [0.25, 0.3) is 0 Å². The summed E-state index contributed by atoms with van der Waals surface area (Å²) in [5.74, 6) is 2.22. The van der Waals surface area contributed by atoms with Gasteiger partial charge in [-0.15, -0.1) is 0 Å². The average Bonchev–Trinajstić information content (AvgIpc) is 2.97. The molecule has 2 aromatic rings. The molecule has 0 aliphatic carbocycles. The van der Waals surface area contributed by atoms with Crippen molar-refractivity contribution in [1.82, 2.24) is 15.1 Å². The number of aromatic amines is 1. The van der Waals surface area contributed by atoms with E-state index in [1.54, 1.807) is 7.11 Å². The first kappa shape index (κ1) is 13.9. The van der Waals surface area contributed by atoms with Crippen molar-refractivity contribution in [3.63, 3.8) is 0 Å². The van der Waals surface area contributed by atoms with Gasteiger partial charge >= 0.3 is 0 Å². The number of aromatic nitrogens is 2. The molecule has 2 heterocycles. The van der Waals surface area contributed by atoms with Crippen LogP contribution in [0.1, 0.15) is 24.1 Å². The molecule has 0 spiro atoms. The van der Waals surface area contributed by atoms with E-state index in [9.17, 15) is 0 Å². The van der Waals surface area contributed by atoms with Gasteiger partial charge in [0.15, 0.2) is 0 Å². The first-order valence-corrected chi connectivity index (χ1v) is 7.27. The summed E-state index contributed by atoms with van der Waals surface area (Å²) in [4.78, 5) is 2.41. The van der Waals surface area contributed by atoms with Crippen LogP contribution in [0.3, 0.4) is 0 Å². The molecule has 1 aliphatic rings. The third-order valence-electron chi connectivity index (χ3n) is 3.91. The number of hydrogen-bond donors (Lipinski definition) is 1. The fraction of sp³-hybridized carbons (Fsp3) is 0.438. The maximum Gasteiger partial charge on any atom is 0.119 e. The van der Waals surface area contributed by atoms with E-state index in [4.69, 9.17) is 9.47 Å². The second-order valence-electron chi connectivity index (χ2n) is 5.47. The molecule has 1 atom stereocenters. The molecule has 0 radical (unpaired) electrons. The topological polar surface area (TPSA) is 50.4 Å². The number of ether oxygens (including phenoxy) is 2. The van der Waals surface area contributed by atoms with E-state index < -0.39 is 0 Å². The number of nitrogens with one attached hydrogen (secondary N) is 1. The smallest absolute Gasteiger partial charge is 0.119 e. The van der Waals surface area contributed by atoms with Crippen molar-refractivity contribution >= 4 is 0 Å². The minimum Gasteiger partial charge on any atom is -0.497 e. The van der Waals surface area contributed by atoms with Crippen LogP contribution in [0, 0.1) is 0 Å². The highest BCUT2D eigenvalue weighted by Crippen LogP contribution is 2.25. The van der Waals surface area contributed by atoms with Crippen LogP contribution in [0.15, 0.2) is 30.5 Å². The molecule has 1 N–H and O–H groups in total. The van der Waals surface area contributed by atoms with Crippen LogP contribution >= 0.6 is 0 Å². The Morgan fingerprint density at radius 2 is 2.05 bits per heavy atom. The molecule has 1 unspecified atom stereocenters. The summed E-state index contributed by atoms with van der Waals surface area (Å²) < 4.78 is 10.9. The van der Waals surface area contributed by atoms with Gasteiger partial charge in [0.2, 0.25) is 0 Å². The fourth-order valence-electron chi connectivity index (χ4n) is 2.79. The summed E-state index contributed by atoms with van der Waals surface area (Å²) in [6.07, 6.45) is 1.93. The third-order valence-corrected chi connectivity index (χ3v) is 3.91. The van der Waals surface area contributed by atoms with Crippen molar-refractivity contribution in [2.24, 2.45) is 0 Å². The first-order valence-electron chi connectivity index (χ1n) is 7.27. The summed E-state index contributed by atoms with van der Waals surface area (Å²) in [6, 6.07) is 7.70. The van der Waals surface area contributed by atoms with Gasteiger partial charge in [-0.1, -0.05) is 6.92 Å². The first-order chi connectivity index (χ1) is 10.3. The lowest BCUT2D eigenvalue weighted by molar-refractivity contribution is 0.185. The molecule has 0 bridgehead atoms. The molecule has 1 aliphatic heterocycles. The molecule has 1 aromatic carbocycles. The summed E-state index contributed by atoms with van der Waals surface area (Å²) in [5, 5.41) is 7.24. The second-order valence-corrected chi connectivity index (χ2v) is 5.47. The van der Waals surface area contributed by atoms with E-state index in [1.165, 1.54) is 11.3 Å². The highest BCUT2D eigenvalue weighted by molar-refractivity contribution is 5.31. The summed E-state index contributed by atoms with van der Waals surface area (Å²) in [6.45, 7) is 5.82. The molecule has 21 heavy (non-hydrogen) atoms. The highest BCUT2D eigenvalue weighted by Gasteiger charge is 2.23. The number of H-pyrrole nitrogens is 1. The largest absolute Gasteiger partial charge is 0.497 e. The Labute approximate surface area is 124 Å². The molecule has 5 heteroatoms. The van der Waals surface area contributed by atoms with E-state index in [-0.39, 0.29) is 0 Å². The Balaban J connectivity index is 1.50. The number of rotatable bonds is 5. The molecular formula is C16H21N3O2. The van der Waals surface area contributed by atoms with Crippen molar-refractivity contribution in [2.45, 2.75) is 19.4 Å². The summed E-state index contributed by atoms with van der Waals surface area (Å²) >= 11 is 0. The maximum absolute atomic E-state index is 5.79. The minimum atomic E-state index is 0.497. The van der Waals surface area contributed by atoms with Crippen LogP contribution < -0.4 is 9.47 Å². The van der Waals surface area contributed by atoms with E-state index in [0.717, 1.165) is 31.1 Å². The molecular weight excluding hydrogens is 266 g/mol. The number of hydrogen-bond acceptors (Lipinski definition) is 4. The van der Waals surface area contributed by atoms with Crippen molar-refractivity contribution in [3.8, 4) is 11.5 Å². The molecule has 0 amide bonds. The van der Waals surface area contributed by atoms with Gasteiger partial charge < -0.3 is 9.47 Å². The lowest BCUT2D eigenvalue weighted by Crippen LogP contribution is -2.35. The zero-order valence-electron chi connectivity index (χ0n) is 12.5. The summed E-state index contributed by atoms with van der Waals surface area (Å²) in [5.41, 5.74) is 2.58. The van der Waals surface area contributed by atoms with Crippen molar-refractivity contribution in [3.05, 3.63) is 41.7 Å². The van der Waals surface area contributed by atoms with Gasteiger partial charge in [0, 0.05) is 36.8 Å².